The summed E-state index contributed by atoms with van der Waals surface area (Å²) in [6, 6.07) is 17.2. The molecule has 5 aromatic rings. The van der Waals surface area contributed by atoms with Crippen molar-refractivity contribution >= 4 is 48.5 Å². The van der Waals surface area contributed by atoms with Crippen molar-refractivity contribution in [2.24, 2.45) is 0 Å². The van der Waals surface area contributed by atoms with E-state index >= 15 is 0 Å². The van der Waals surface area contributed by atoms with Gasteiger partial charge in [-0.2, -0.15) is 5.26 Å². The Hall–Kier alpha value is -3.30. The molecule has 0 aliphatic carbocycles. The Morgan fingerprint density at radius 3 is 2.38 bits per heavy atom. The number of nitriles is 1. The molecule has 5 nitrogen and oxygen atoms in total. The molecular formula is C18H8N4OS. The minimum Gasteiger partial charge on any atom is -0.266 e. The van der Waals surface area contributed by atoms with Crippen LogP contribution in [0.1, 0.15) is 5.56 Å². The Morgan fingerprint density at radius 1 is 0.958 bits per heavy atom. The topological polar surface area (TPSA) is 71.0 Å². The number of hydrogen-bond donors (Lipinski definition) is 0. The summed E-state index contributed by atoms with van der Waals surface area (Å²) in [6.45, 7) is 0. The van der Waals surface area contributed by atoms with E-state index < -0.39 is 0 Å². The lowest BCUT2D eigenvalue weighted by atomic mass is 10.2. The van der Waals surface area contributed by atoms with Crippen LogP contribution in [0.5, 0.6) is 0 Å². The van der Waals surface area contributed by atoms with Gasteiger partial charge in [-0.15, -0.1) is 11.3 Å². The second kappa shape index (κ2) is 4.60. The highest BCUT2D eigenvalue weighted by atomic mass is 32.1. The molecule has 6 heteroatoms. The third kappa shape index (κ3) is 1.59. The number of fused-ring (bicyclic) bond motifs is 5. The third-order valence-electron chi connectivity index (χ3n) is 4.05. The first-order chi connectivity index (χ1) is 11.8. The first kappa shape index (κ1) is 13.2. The molecule has 0 unspecified atom stereocenters. The van der Waals surface area contributed by atoms with E-state index in [4.69, 9.17) is 0 Å². The van der Waals surface area contributed by atoms with Crippen LogP contribution in [0.2, 0.25) is 0 Å². The first-order valence-electron chi connectivity index (χ1n) is 7.31. The highest BCUT2D eigenvalue weighted by Crippen LogP contribution is 2.30. The van der Waals surface area contributed by atoms with Gasteiger partial charge in [0, 0.05) is 0 Å². The normalized spacial score (nSPS) is 11.5. The summed E-state index contributed by atoms with van der Waals surface area (Å²) >= 11 is 1.42. The van der Waals surface area contributed by atoms with Crippen LogP contribution in [-0.2, 0) is 0 Å². The van der Waals surface area contributed by atoms with E-state index in [-0.39, 0.29) is 11.1 Å². The number of nitrogens with zero attached hydrogens (tertiary/aromatic N) is 4. The van der Waals surface area contributed by atoms with E-state index in [2.05, 4.69) is 16.0 Å². The fourth-order valence-corrected chi connectivity index (χ4v) is 4.12. The van der Waals surface area contributed by atoms with Gasteiger partial charge in [0.25, 0.3) is 5.56 Å². The number of benzene rings is 2. The number of rotatable bonds is 0. The summed E-state index contributed by atoms with van der Waals surface area (Å²) in [4.78, 5) is 22.7. The molecule has 0 fully saturated rings. The molecule has 24 heavy (non-hydrogen) atoms. The molecule has 0 atom stereocenters. The second-order valence-electron chi connectivity index (χ2n) is 5.41. The second-order valence-corrected chi connectivity index (χ2v) is 6.44. The Morgan fingerprint density at radius 2 is 1.62 bits per heavy atom. The molecule has 5 rings (SSSR count). The average Bonchev–Trinajstić information content (AvgIpc) is 3.00. The Labute approximate surface area is 139 Å². The molecule has 3 heterocycles. The molecule has 3 aromatic heterocycles. The van der Waals surface area contributed by atoms with Gasteiger partial charge in [-0.05, 0) is 24.3 Å². The van der Waals surface area contributed by atoms with Crippen molar-refractivity contribution in [1.82, 2.24) is 14.4 Å². The third-order valence-corrected chi connectivity index (χ3v) is 5.20. The van der Waals surface area contributed by atoms with Gasteiger partial charge in [-0.1, -0.05) is 24.3 Å². The van der Waals surface area contributed by atoms with E-state index in [1.54, 1.807) is 4.40 Å². The van der Waals surface area contributed by atoms with Gasteiger partial charge in [-0.3, -0.25) is 9.20 Å². The molecule has 2 aromatic carbocycles. The van der Waals surface area contributed by atoms with Crippen LogP contribution in [0, 0.1) is 11.3 Å². The molecule has 0 spiro atoms. The van der Waals surface area contributed by atoms with Crippen molar-refractivity contribution < 1.29 is 0 Å². The highest BCUT2D eigenvalue weighted by molar-refractivity contribution is 7.24. The lowest BCUT2D eigenvalue weighted by molar-refractivity contribution is 1.17. The largest absolute Gasteiger partial charge is 0.284 e. The maximum Gasteiger partial charge on any atom is 0.284 e. The molecule has 0 amide bonds. The fourth-order valence-electron chi connectivity index (χ4n) is 2.98. The summed E-state index contributed by atoms with van der Waals surface area (Å²) < 4.78 is 2.52. The van der Waals surface area contributed by atoms with Crippen molar-refractivity contribution in [3.8, 4) is 6.07 Å². The van der Waals surface area contributed by atoms with Gasteiger partial charge < -0.3 is 0 Å². The predicted molar refractivity (Wildman–Crippen MR) is 94.4 cm³/mol. The van der Waals surface area contributed by atoms with Crippen LogP contribution < -0.4 is 5.56 Å². The summed E-state index contributed by atoms with van der Waals surface area (Å²) in [5.74, 6) is 0. The van der Waals surface area contributed by atoms with Crippen LogP contribution in [0.15, 0.2) is 53.3 Å². The zero-order valence-corrected chi connectivity index (χ0v) is 13.0. The smallest absolute Gasteiger partial charge is 0.266 e. The van der Waals surface area contributed by atoms with Crippen molar-refractivity contribution in [1.29, 1.82) is 5.26 Å². The summed E-state index contributed by atoms with van der Waals surface area (Å²) in [6.07, 6.45) is 0. The van der Waals surface area contributed by atoms with Crippen LogP contribution in [-0.4, -0.2) is 14.4 Å². The van der Waals surface area contributed by atoms with E-state index in [9.17, 15) is 10.1 Å². The summed E-state index contributed by atoms with van der Waals surface area (Å²) in [7, 11) is 0. The zero-order chi connectivity index (χ0) is 16.3. The minimum atomic E-state index is -0.241. The predicted octanol–water partition coefficient (Wildman–Crippen LogP) is 3.48. The van der Waals surface area contributed by atoms with E-state index in [1.165, 1.54) is 11.3 Å². The van der Waals surface area contributed by atoms with Crippen LogP contribution in [0.25, 0.3) is 37.1 Å². The van der Waals surface area contributed by atoms with E-state index in [0.717, 1.165) is 10.2 Å². The molecule has 0 radical (unpaired) electrons. The monoisotopic (exact) mass is 328 g/mol. The lowest BCUT2D eigenvalue weighted by Crippen LogP contribution is -2.15. The van der Waals surface area contributed by atoms with Crippen molar-refractivity contribution in [2.45, 2.75) is 0 Å². The van der Waals surface area contributed by atoms with Crippen molar-refractivity contribution in [2.75, 3.05) is 0 Å². The molecule has 0 N–H and O–H groups in total. The van der Waals surface area contributed by atoms with Crippen LogP contribution >= 0.6 is 11.3 Å². The Bertz CT molecular complexity index is 1390. The summed E-state index contributed by atoms with van der Waals surface area (Å²) in [5.41, 5.74) is 2.85. The van der Waals surface area contributed by atoms with E-state index in [1.807, 2.05) is 48.5 Å². The molecule has 112 valence electrons. The number of thiazole rings is 1. The first-order valence-corrected chi connectivity index (χ1v) is 8.12. The average molecular weight is 328 g/mol. The van der Waals surface area contributed by atoms with Gasteiger partial charge in [0.2, 0.25) is 0 Å². The minimum absolute atomic E-state index is 0.228. The number of pyridine rings is 1. The van der Waals surface area contributed by atoms with Gasteiger partial charge in [-0.25, -0.2) is 9.97 Å². The van der Waals surface area contributed by atoms with E-state index in [0.29, 0.717) is 26.9 Å². The molecule has 0 saturated heterocycles. The van der Waals surface area contributed by atoms with Gasteiger partial charge >= 0.3 is 0 Å². The summed E-state index contributed by atoms with van der Waals surface area (Å²) in [5, 5.41) is 9.70. The van der Waals surface area contributed by atoms with Crippen molar-refractivity contribution in [3.63, 3.8) is 0 Å². The van der Waals surface area contributed by atoms with Gasteiger partial charge in [0.15, 0.2) is 5.52 Å². The van der Waals surface area contributed by atoms with Gasteiger partial charge in [0.05, 0.1) is 21.3 Å². The maximum atomic E-state index is 13.0. The van der Waals surface area contributed by atoms with Crippen LogP contribution in [0.4, 0.5) is 0 Å². The molecule has 0 aliphatic rings. The SMILES string of the molecule is N#Cc1c2nc3ccccc3nc2c(=O)n2c1sc1ccccc12. The maximum absolute atomic E-state index is 13.0. The zero-order valence-electron chi connectivity index (χ0n) is 12.2. The number of hydrogen-bond acceptors (Lipinski definition) is 5. The van der Waals surface area contributed by atoms with Crippen molar-refractivity contribution in [3.05, 3.63) is 64.4 Å². The fraction of sp³-hybridized carbons (Fsp3) is 0. The molecule has 0 bridgehead atoms. The Balaban J connectivity index is 2.15. The highest BCUT2D eigenvalue weighted by Gasteiger charge is 2.18. The van der Waals surface area contributed by atoms with Gasteiger partial charge in [0.1, 0.15) is 22.0 Å². The quantitative estimate of drug-likeness (QED) is 0.408. The number of aromatic nitrogens is 3. The standard InChI is InChI=1S/C18H8N4OS/c19-9-10-15-16(21-12-6-2-1-5-11(12)20-15)17(23)22-13-7-3-4-8-14(13)24-18(10)22/h1-8H. The van der Waals surface area contributed by atoms with Crippen LogP contribution in [0.3, 0.4) is 0 Å². The lowest BCUT2D eigenvalue weighted by Gasteiger charge is -2.04. The molecule has 0 saturated carbocycles. The number of para-hydroxylation sites is 3. The Kier molecular flexibility index (Phi) is 2.52. The molecule has 0 aliphatic heterocycles. The molecular weight excluding hydrogens is 320 g/mol.